The highest BCUT2D eigenvalue weighted by Crippen LogP contribution is 2.27. The van der Waals surface area contributed by atoms with Gasteiger partial charge in [-0.05, 0) is 19.4 Å². The Balaban J connectivity index is 2.11. The van der Waals surface area contributed by atoms with Crippen LogP contribution in [0.2, 0.25) is 0 Å². The van der Waals surface area contributed by atoms with Crippen LogP contribution in [0, 0.1) is 13.8 Å². The minimum Gasteiger partial charge on any atom is -0.469 e. The summed E-state index contributed by atoms with van der Waals surface area (Å²) in [5.74, 6) is 0.778. The van der Waals surface area contributed by atoms with E-state index in [1.807, 2.05) is 44.2 Å². The molecule has 2 aromatic rings. The number of benzene rings is 1. The molecule has 0 saturated heterocycles. The highest BCUT2D eigenvalue weighted by molar-refractivity contribution is 7.99. The van der Waals surface area contributed by atoms with Crippen molar-refractivity contribution in [2.75, 3.05) is 12.9 Å². The number of rotatable bonds is 5. The van der Waals surface area contributed by atoms with E-state index >= 15 is 0 Å². The van der Waals surface area contributed by atoms with Crippen molar-refractivity contribution >= 4 is 17.7 Å². The van der Waals surface area contributed by atoms with Gasteiger partial charge in [0, 0.05) is 5.75 Å². The van der Waals surface area contributed by atoms with Gasteiger partial charge >= 0.3 is 5.97 Å². The van der Waals surface area contributed by atoms with E-state index in [1.165, 1.54) is 18.9 Å². The van der Waals surface area contributed by atoms with Gasteiger partial charge < -0.3 is 9.15 Å². The van der Waals surface area contributed by atoms with E-state index in [0.29, 0.717) is 11.0 Å². The molecule has 0 radical (unpaired) electrons. The van der Waals surface area contributed by atoms with Gasteiger partial charge in [0.25, 0.3) is 5.22 Å². The zero-order valence-corrected chi connectivity index (χ0v) is 12.6. The summed E-state index contributed by atoms with van der Waals surface area (Å²) in [6.07, 6.45) is 0. The molecule has 106 valence electrons. The number of methoxy groups -OCH3 is 1. The lowest BCUT2D eigenvalue weighted by molar-refractivity contribution is -0.141. The zero-order valence-electron chi connectivity index (χ0n) is 11.8. The molecule has 0 N–H and O–H groups in total. The second-order valence-electron chi connectivity index (χ2n) is 4.42. The number of thioether (sulfide) groups is 1. The van der Waals surface area contributed by atoms with Gasteiger partial charge in [0.2, 0.25) is 0 Å². The van der Waals surface area contributed by atoms with Crippen molar-refractivity contribution in [2.45, 2.75) is 25.0 Å². The van der Waals surface area contributed by atoms with Gasteiger partial charge in [-0.3, -0.25) is 4.79 Å². The first-order chi connectivity index (χ1) is 9.61. The van der Waals surface area contributed by atoms with E-state index in [4.69, 9.17) is 9.15 Å². The molecular formula is C15H17NO3S. The van der Waals surface area contributed by atoms with E-state index in [0.717, 1.165) is 17.0 Å². The molecule has 5 heteroatoms. The molecule has 1 aromatic heterocycles. The van der Waals surface area contributed by atoms with Crippen molar-refractivity contribution in [3.63, 3.8) is 0 Å². The van der Waals surface area contributed by atoms with Gasteiger partial charge in [-0.15, -0.1) is 0 Å². The molecule has 1 heterocycles. The second-order valence-corrected chi connectivity index (χ2v) is 5.39. The summed E-state index contributed by atoms with van der Waals surface area (Å²) < 4.78 is 10.4. The van der Waals surface area contributed by atoms with Crippen molar-refractivity contribution in [1.82, 2.24) is 4.98 Å². The lowest BCUT2D eigenvalue weighted by Gasteiger charge is -2.13. The lowest BCUT2D eigenvalue weighted by Crippen LogP contribution is -2.16. The fourth-order valence-electron chi connectivity index (χ4n) is 1.79. The number of oxazole rings is 1. The van der Waals surface area contributed by atoms with Crippen LogP contribution in [0.3, 0.4) is 0 Å². The Morgan fingerprint density at radius 3 is 2.60 bits per heavy atom. The molecule has 0 aliphatic carbocycles. The quantitative estimate of drug-likeness (QED) is 0.624. The Morgan fingerprint density at radius 1 is 1.35 bits per heavy atom. The average Bonchev–Trinajstić information content (AvgIpc) is 2.78. The predicted molar refractivity (Wildman–Crippen MR) is 77.9 cm³/mol. The summed E-state index contributed by atoms with van der Waals surface area (Å²) in [6.45, 7) is 3.78. The van der Waals surface area contributed by atoms with Crippen LogP contribution in [0.5, 0.6) is 0 Å². The van der Waals surface area contributed by atoms with Gasteiger partial charge in [0.1, 0.15) is 5.76 Å². The SMILES string of the molecule is COC(=O)C(CSc1nc(C)c(C)o1)c1ccccc1. The molecule has 0 fully saturated rings. The van der Waals surface area contributed by atoms with Gasteiger partial charge in [-0.2, -0.15) is 0 Å². The van der Waals surface area contributed by atoms with Crippen LogP contribution in [0.4, 0.5) is 0 Å². The van der Waals surface area contributed by atoms with E-state index in [-0.39, 0.29) is 11.9 Å². The number of ether oxygens (including phenoxy) is 1. The Labute approximate surface area is 122 Å². The van der Waals surface area contributed by atoms with Crippen LogP contribution in [-0.2, 0) is 9.53 Å². The smallest absolute Gasteiger partial charge is 0.313 e. The number of hydrogen-bond donors (Lipinski definition) is 0. The van der Waals surface area contributed by atoms with Gasteiger partial charge in [0.15, 0.2) is 0 Å². The number of esters is 1. The number of aromatic nitrogens is 1. The van der Waals surface area contributed by atoms with Crippen LogP contribution >= 0.6 is 11.8 Å². The summed E-state index contributed by atoms with van der Waals surface area (Å²) in [4.78, 5) is 16.2. The lowest BCUT2D eigenvalue weighted by atomic mass is 10.0. The second kappa shape index (κ2) is 6.61. The normalized spacial score (nSPS) is 12.2. The van der Waals surface area contributed by atoms with E-state index < -0.39 is 0 Å². The third kappa shape index (κ3) is 3.42. The fourth-order valence-corrected chi connectivity index (χ4v) is 2.81. The molecule has 1 aromatic carbocycles. The standard InChI is InChI=1S/C15H17NO3S/c1-10-11(2)19-15(16-10)20-9-13(14(17)18-3)12-7-5-4-6-8-12/h4-8,13H,9H2,1-3H3. The minimum absolute atomic E-state index is 0.247. The monoisotopic (exact) mass is 291 g/mol. The minimum atomic E-state index is -0.321. The molecular weight excluding hydrogens is 274 g/mol. The highest BCUT2D eigenvalue weighted by Gasteiger charge is 2.22. The zero-order chi connectivity index (χ0) is 14.5. The third-order valence-electron chi connectivity index (χ3n) is 3.07. The van der Waals surface area contributed by atoms with Crippen molar-refractivity contribution in [1.29, 1.82) is 0 Å². The summed E-state index contributed by atoms with van der Waals surface area (Å²) in [5, 5.41) is 0.588. The van der Waals surface area contributed by atoms with Gasteiger partial charge in [-0.25, -0.2) is 4.98 Å². The van der Waals surface area contributed by atoms with Crippen molar-refractivity contribution in [2.24, 2.45) is 0 Å². The van der Waals surface area contributed by atoms with Crippen LogP contribution in [0.25, 0.3) is 0 Å². The molecule has 1 atom stereocenters. The predicted octanol–water partition coefficient (Wildman–Crippen LogP) is 3.34. The summed E-state index contributed by atoms with van der Waals surface area (Å²) in [5.41, 5.74) is 1.81. The largest absolute Gasteiger partial charge is 0.469 e. The maximum atomic E-state index is 11.9. The molecule has 0 spiro atoms. The number of nitrogens with zero attached hydrogens (tertiary/aromatic N) is 1. The molecule has 0 amide bonds. The van der Waals surface area contributed by atoms with Gasteiger partial charge in [-0.1, -0.05) is 42.1 Å². The first-order valence-corrected chi connectivity index (χ1v) is 7.30. The Bertz CT molecular complexity index is 561. The molecule has 0 aliphatic heterocycles. The molecule has 2 rings (SSSR count). The Hall–Kier alpha value is -1.75. The van der Waals surface area contributed by atoms with Crippen molar-refractivity contribution in [3.8, 4) is 0 Å². The fraction of sp³-hybridized carbons (Fsp3) is 0.333. The number of carbonyl (C=O) groups is 1. The highest BCUT2D eigenvalue weighted by atomic mass is 32.2. The average molecular weight is 291 g/mol. The van der Waals surface area contributed by atoms with Crippen LogP contribution < -0.4 is 0 Å². The Kier molecular flexibility index (Phi) is 4.84. The summed E-state index contributed by atoms with van der Waals surface area (Å²) >= 11 is 1.42. The Morgan fingerprint density at radius 2 is 2.05 bits per heavy atom. The van der Waals surface area contributed by atoms with Crippen molar-refractivity contribution < 1.29 is 13.9 Å². The van der Waals surface area contributed by atoms with E-state index in [2.05, 4.69) is 4.98 Å². The first kappa shape index (κ1) is 14.7. The summed E-state index contributed by atoms with van der Waals surface area (Å²) in [7, 11) is 1.41. The molecule has 0 aliphatic rings. The topological polar surface area (TPSA) is 52.3 Å². The molecule has 4 nitrogen and oxygen atoms in total. The number of carbonyl (C=O) groups excluding carboxylic acids is 1. The van der Waals surface area contributed by atoms with Gasteiger partial charge in [0.05, 0.1) is 18.7 Å². The third-order valence-corrected chi connectivity index (χ3v) is 3.99. The first-order valence-electron chi connectivity index (χ1n) is 6.31. The van der Waals surface area contributed by atoms with E-state index in [1.54, 1.807) is 0 Å². The van der Waals surface area contributed by atoms with E-state index in [9.17, 15) is 4.79 Å². The maximum Gasteiger partial charge on any atom is 0.313 e. The molecule has 1 unspecified atom stereocenters. The molecule has 0 bridgehead atoms. The summed E-state index contributed by atoms with van der Waals surface area (Å²) in [6, 6.07) is 9.60. The maximum absolute atomic E-state index is 11.9. The molecule has 0 saturated carbocycles. The number of hydrogen-bond acceptors (Lipinski definition) is 5. The number of aryl methyl sites for hydroxylation is 2. The van der Waals surface area contributed by atoms with Crippen molar-refractivity contribution in [3.05, 3.63) is 47.3 Å². The molecule has 20 heavy (non-hydrogen) atoms. The van der Waals surface area contributed by atoms with Crippen LogP contribution in [0.1, 0.15) is 22.9 Å². The van der Waals surface area contributed by atoms with Crippen LogP contribution in [0.15, 0.2) is 40.0 Å². The van der Waals surface area contributed by atoms with Crippen LogP contribution in [-0.4, -0.2) is 23.8 Å².